The molecule has 0 aliphatic heterocycles. The lowest BCUT2D eigenvalue weighted by Crippen LogP contribution is -2.13. The largest absolute Gasteiger partial charge is 0.479 e. The maximum absolute atomic E-state index is 10.8. The van der Waals surface area contributed by atoms with E-state index in [1.165, 1.54) is 19.2 Å². The second-order valence-corrected chi connectivity index (χ2v) is 3.46. The van der Waals surface area contributed by atoms with Gasteiger partial charge in [0.15, 0.2) is 6.10 Å². The molecule has 0 amide bonds. The van der Waals surface area contributed by atoms with Crippen LogP contribution in [0, 0.1) is 0 Å². The van der Waals surface area contributed by atoms with Gasteiger partial charge in [-0.25, -0.2) is 4.79 Å². The van der Waals surface area contributed by atoms with Gasteiger partial charge in [0, 0.05) is 22.7 Å². The normalized spacial score (nSPS) is 12.5. The lowest BCUT2D eigenvalue weighted by Gasteiger charge is -2.12. The van der Waals surface area contributed by atoms with Crippen molar-refractivity contribution in [1.82, 2.24) is 0 Å². The van der Waals surface area contributed by atoms with Crippen LogP contribution in [0.5, 0.6) is 0 Å². The lowest BCUT2D eigenvalue weighted by atomic mass is 10.1. The van der Waals surface area contributed by atoms with Gasteiger partial charge in [-0.3, -0.25) is 0 Å². The van der Waals surface area contributed by atoms with Crippen molar-refractivity contribution in [2.24, 2.45) is 0 Å². The van der Waals surface area contributed by atoms with Crippen molar-refractivity contribution in [3.05, 3.63) is 33.8 Å². The monoisotopic (exact) mass is 234 g/mol. The van der Waals surface area contributed by atoms with Crippen LogP contribution in [0.3, 0.4) is 0 Å². The maximum Gasteiger partial charge on any atom is 0.337 e. The third kappa shape index (κ3) is 2.38. The van der Waals surface area contributed by atoms with Crippen LogP contribution in [0.1, 0.15) is 11.7 Å². The Morgan fingerprint density at radius 2 is 2.14 bits per heavy atom. The van der Waals surface area contributed by atoms with E-state index in [0.29, 0.717) is 15.6 Å². The Labute approximate surface area is 91.2 Å². The third-order valence-electron chi connectivity index (χ3n) is 1.70. The van der Waals surface area contributed by atoms with Crippen LogP contribution in [-0.2, 0) is 9.53 Å². The number of carbonyl (C=O) groups is 1. The molecule has 0 bridgehead atoms. The zero-order chi connectivity index (χ0) is 10.7. The molecule has 0 spiro atoms. The first-order chi connectivity index (χ1) is 6.56. The Morgan fingerprint density at radius 3 is 2.64 bits per heavy atom. The summed E-state index contributed by atoms with van der Waals surface area (Å²) in [5, 5.41) is 9.56. The van der Waals surface area contributed by atoms with Gasteiger partial charge in [-0.05, 0) is 18.2 Å². The molecule has 76 valence electrons. The Balaban J connectivity index is 3.15. The molecule has 1 aromatic carbocycles. The molecule has 0 saturated heterocycles. The molecule has 1 aromatic rings. The van der Waals surface area contributed by atoms with E-state index >= 15 is 0 Å². The van der Waals surface area contributed by atoms with Crippen molar-refractivity contribution in [2.45, 2.75) is 6.10 Å². The number of aliphatic carboxylic acids is 1. The molecule has 14 heavy (non-hydrogen) atoms. The van der Waals surface area contributed by atoms with Crippen molar-refractivity contribution in [2.75, 3.05) is 7.11 Å². The number of ether oxygens (including phenoxy) is 1. The molecule has 0 aliphatic carbocycles. The number of carboxylic acid groups (broad SMARTS) is 1. The van der Waals surface area contributed by atoms with Crippen molar-refractivity contribution in [3.63, 3.8) is 0 Å². The highest BCUT2D eigenvalue weighted by molar-refractivity contribution is 6.33. The molecule has 0 aromatic heterocycles. The number of halogens is 2. The smallest absolute Gasteiger partial charge is 0.337 e. The minimum atomic E-state index is -1.10. The minimum absolute atomic E-state index is 0.323. The molecule has 0 aliphatic rings. The van der Waals surface area contributed by atoms with Crippen molar-refractivity contribution < 1.29 is 14.6 Å². The summed E-state index contributed by atoms with van der Waals surface area (Å²) < 4.78 is 4.79. The first kappa shape index (κ1) is 11.3. The van der Waals surface area contributed by atoms with Gasteiger partial charge in [0.05, 0.1) is 0 Å². The van der Waals surface area contributed by atoms with E-state index in [1.807, 2.05) is 0 Å². The van der Waals surface area contributed by atoms with E-state index in [9.17, 15) is 4.79 Å². The molecule has 5 heteroatoms. The summed E-state index contributed by atoms with van der Waals surface area (Å²) in [7, 11) is 1.30. The minimum Gasteiger partial charge on any atom is -0.479 e. The van der Waals surface area contributed by atoms with Crippen LogP contribution in [0.2, 0.25) is 10.0 Å². The zero-order valence-electron chi connectivity index (χ0n) is 7.33. The maximum atomic E-state index is 10.8. The fraction of sp³-hybridized carbons (Fsp3) is 0.222. The number of hydrogen-bond donors (Lipinski definition) is 1. The van der Waals surface area contributed by atoms with Crippen LogP contribution in [0.4, 0.5) is 0 Å². The topological polar surface area (TPSA) is 46.5 Å². The van der Waals surface area contributed by atoms with E-state index in [4.69, 9.17) is 33.0 Å². The van der Waals surface area contributed by atoms with Crippen LogP contribution in [0.25, 0.3) is 0 Å². The molecule has 0 saturated carbocycles. The second kappa shape index (κ2) is 4.64. The number of hydrogen-bond acceptors (Lipinski definition) is 2. The molecule has 0 fully saturated rings. The molecule has 1 N–H and O–H groups in total. The van der Waals surface area contributed by atoms with Crippen LogP contribution < -0.4 is 0 Å². The summed E-state index contributed by atoms with van der Waals surface area (Å²) >= 11 is 11.5. The van der Waals surface area contributed by atoms with Gasteiger partial charge < -0.3 is 9.84 Å². The summed E-state index contributed by atoms with van der Waals surface area (Å²) in [5.74, 6) is -1.10. The molecule has 0 heterocycles. The Kier molecular flexibility index (Phi) is 3.75. The predicted octanol–water partition coefficient (Wildman–Crippen LogP) is 2.77. The van der Waals surface area contributed by atoms with Gasteiger partial charge in [-0.2, -0.15) is 0 Å². The quantitative estimate of drug-likeness (QED) is 0.876. The SMILES string of the molecule is COC(C(=O)O)c1cc(Cl)ccc1Cl. The average molecular weight is 235 g/mol. The van der Waals surface area contributed by atoms with E-state index in [1.54, 1.807) is 6.07 Å². The summed E-state index contributed by atoms with van der Waals surface area (Å²) in [6.07, 6.45) is -1.08. The molecule has 3 nitrogen and oxygen atoms in total. The van der Waals surface area contributed by atoms with Crippen molar-refractivity contribution in [1.29, 1.82) is 0 Å². The number of methoxy groups -OCH3 is 1. The van der Waals surface area contributed by atoms with Gasteiger partial charge >= 0.3 is 5.97 Å². The Bertz CT molecular complexity index is 352. The van der Waals surface area contributed by atoms with Crippen LogP contribution in [-0.4, -0.2) is 18.2 Å². The summed E-state index contributed by atoms with van der Waals surface area (Å²) in [5.41, 5.74) is 0.356. The third-order valence-corrected chi connectivity index (χ3v) is 2.28. The zero-order valence-corrected chi connectivity index (χ0v) is 8.84. The number of rotatable bonds is 3. The number of carboxylic acids is 1. The fourth-order valence-electron chi connectivity index (χ4n) is 1.08. The fourth-order valence-corrected chi connectivity index (χ4v) is 1.47. The summed E-state index contributed by atoms with van der Waals surface area (Å²) in [6, 6.07) is 4.60. The first-order valence-electron chi connectivity index (χ1n) is 3.77. The molecule has 1 unspecified atom stereocenters. The molecule has 1 atom stereocenters. The summed E-state index contributed by atoms with van der Waals surface area (Å²) in [4.78, 5) is 10.8. The Morgan fingerprint density at radius 1 is 1.50 bits per heavy atom. The van der Waals surface area contributed by atoms with Gasteiger partial charge in [-0.1, -0.05) is 23.2 Å². The van der Waals surface area contributed by atoms with Crippen LogP contribution in [0.15, 0.2) is 18.2 Å². The molecule has 1 rings (SSSR count). The van der Waals surface area contributed by atoms with Crippen LogP contribution >= 0.6 is 23.2 Å². The highest BCUT2D eigenvalue weighted by Crippen LogP contribution is 2.28. The van der Waals surface area contributed by atoms with E-state index < -0.39 is 12.1 Å². The second-order valence-electron chi connectivity index (χ2n) is 2.62. The first-order valence-corrected chi connectivity index (χ1v) is 4.52. The lowest BCUT2D eigenvalue weighted by molar-refractivity contribution is -0.148. The highest BCUT2D eigenvalue weighted by atomic mass is 35.5. The molecule has 0 radical (unpaired) electrons. The standard InChI is InChI=1S/C9H8Cl2O3/c1-14-8(9(12)13)6-4-5(10)2-3-7(6)11/h2-4,8H,1H3,(H,12,13). The number of benzene rings is 1. The van der Waals surface area contributed by atoms with E-state index in [0.717, 1.165) is 0 Å². The van der Waals surface area contributed by atoms with E-state index in [-0.39, 0.29) is 0 Å². The van der Waals surface area contributed by atoms with E-state index in [2.05, 4.69) is 0 Å². The van der Waals surface area contributed by atoms with Crippen molar-refractivity contribution >= 4 is 29.2 Å². The van der Waals surface area contributed by atoms with Crippen molar-refractivity contribution in [3.8, 4) is 0 Å². The average Bonchev–Trinajstić information content (AvgIpc) is 2.11. The molecular weight excluding hydrogens is 227 g/mol. The van der Waals surface area contributed by atoms with Gasteiger partial charge in [0.25, 0.3) is 0 Å². The Hall–Kier alpha value is -0.770. The molecular formula is C9H8Cl2O3. The van der Waals surface area contributed by atoms with Gasteiger partial charge in [0.1, 0.15) is 0 Å². The van der Waals surface area contributed by atoms with Gasteiger partial charge in [-0.15, -0.1) is 0 Å². The predicted molar refractivity (Wildman–Crippen MR) is 53.8 cm³/mol. The van der Waals surface area contributed by atoms with Gasteiger partial charge in [0.2, 0.25) is 0 Å². The highest BCUT2D eigenvalue weighted by Gasteiger charge is 2.21. The summed E-state index contributed by atoms with van der Waals surface area (Å²) in [6.45, 7) is 0.